The van der Waals surface area contributed by atoms with Crippen molar-refractivity contribution in [3.05, 3.63) is 35.4 Å². The Morgan fingerprint density at radius 2 is 1.95 bits per heavy atom. The van der Waals surface area contributed by atoms with E-state index < -0.39 is 0 Å². The van der Waals surface area contributed by atoms with Gasteiger partial charge in [-0.1, -0.05) is 19.1 Å². The molecule has 0 radical (unpaired) electrons. The van der Waals surface area contributed by atoms with Gasteiger partial charge in [0.2, 0.25) is 5.91 Å². The molecule has 1 atom stereocenters. The average molecular weight is 264 g/mol. The average Bonchev–Trinajstić information content (AvgIpc) is 2.44. The lowest BCUT2D eigenvalue weighted by Crippen LogP contribution is -2.32. The van der Waals surface area contributed by atoms with E-state index in [4.69, 9.17) is 10.5 Å². The molecule has 1 aromatic rings. The number of carbonyl (C=O) groups is 2. The summed E-state index contributed by atoms with van der Waals surface area (Å²) in [5, 5.41) is 2.79. The van der Waals surface area contributed by atoms with Crippen LogP contribution in [0.5, 0.6) is 0 Å². The van der Waals surface area contributed by atoms with Gasteiger partial charge in [0.1, 0.15) is 0 Å². The third kappa shape index (κ3) is 4.71. The van der Waals surface area contributed by atoms with Crippen LogP contribution >= 0.6 is 0 Å². The SMILES string of the molecule is CCOC(=O)c1ccc(CNC(=O)C(C)CN)cc1. The van der Waals surface area contributed by atoms with Crippen LogP contribution in [-0.2, 0) is 16.1 Å². The highest BCUT2D eigenvalue weighted by atomic mass is 16.5. The zero-order chi connectivity index (χ0) is 14.3. The van der Waals surface area contributed by atoms with Crippen molar-refractivity contribution < 1.29 is 14.3 Å². The number of benzene rings is 1. The fourth-order valence-electron chi connectivity index (χ4n) is 1.44. The summed E-state index contributed by atoms with van der Waals surface area (Å²) in [7, 11) is 0. The van der Waals surface area contributed by atoms with Crippen molar-refractivity contribution in [1.29, 1.82) is 0 Å². The van der Waals surface area contributed by atoms with Crippen LogP contribution in [0.1, 0.15) is 29.8 Å². The first kappa shape index (κ1) is 15.2. The maximum Gasteiger partial charge on any atom is 0.338 e. The molecular weight excluding hydrogens is 244 g/mol. The molecule has 0 saturated heterocycles. The molecule has 0 aliphatic rings. The van der Waals surface area contributed by atoms with E-state index in [0.29, 0.717) is 25.3 Å². The predicted octanol–water partition coefficient (Wildman–Crippen LogP) is 1.07. The highest BCUT2D eigenvalue weighted by molar-refractivity contribution is 5.89. The van der Waals surface area contributed by atoms with E-state index in [0.717, 1.165) is 5.56 Å². The van der Waals surface area contributed by atoms with Gasteiger partial charge in [0.05, 0.1) is 12.2 Å². The molecule has 0 saturated carbocycles. The summed E-state index contributed by atoms with van der Waals surface area (Å²) in [5.41, 5.74) is 6.84. The molecule has 1 unspecified atom stereocenters. The second-order valence-electron chi connectivity index (χ2n) is 4.27. The van der Waals surface area contributed by atoms with Crippen molar-refractivity contribution in [3.8, 4) is 0 Å². The minimum atomic E-state index is -0.338. The Bertz CT molecular complexity index is 429. The molecule has 3 N–H and O–H groups in total. The molecule has 5 heteroatoms. The van der Waals surface area contributed by atoms with Gasteiger partial charge in [-0.05, 0) is 24.6 Å². The number of nitrogens with one attached hydrogen (secondary N) is 1. The number of ether oxygens (including phenoxy) is 1. The van der Waals surface area contributed by atoms with Crippen molar-refractivity contribution >= 4 is 11.9 Å². The van der Waals surface area contributed by atoms with E-state index in [9.17, 15) is 9.59 Å². The molecule has 0 spiro atoms. The van der Waals surface area contributed by atoms with Gasteiger partial charge >= 0.3 is 5.97 Å². The molecule has 0 bridgehead atoms. The molecule has 19 heavy (non-hydrogen) atoms. The van der Waals surface area contributed by atoms with E-state index in [-0.39, 0.29) is 17.8 Å². The van der Waals surface area contributed by atoms with Crippen LogP contribution in [0.25, 0.3) is 0 Å². The summed E-state index contributed by atoms with van der Waals surface area (Å²) in [6, 6.07) is 6.96. The van der Waals surface area contributed by atoms with Crippen molar-refractivity contribution in [2.24, 2.45) is 11.7 Å². The van der Waals surface area contributed by atoms with E-state index in [1.165, 1.54) is 0 Å². The normalized spacial score (nSPS) is 11.7. The minimum absolute atomic E-state index is 0.0723. The molecule has 104 valence electrons. The summed E-state index contributed by atoms with van der Waals surface area (Å²) in [5.74, 6) is -0.606. The monoisotopic (exact) mass is 264 g/mol. The van der Waals surface area contributed by atoms with Gasteiger partial charge in [0.15, 0.2) is 0 Å². The molecule has 1 aromatic carbocycles. The zero-order valence-electron chi connectivity index (χ0n) is 11.3. The first-order chi connectivity index (χ1) is 9.08. The Labute approximate surface area is 113 Å². The minimum Gasteiger partial charge on any atom is -0.462 e. The largest absolute Gasteiger partial charge is 0.462 e. The van der Waals surface area contributed by atoms with E-state index in [1.54, 1.807) is 38.1 Å². The molecule has 0 heterocycles. The smallest absolute Gasteiger partial charge is 0.338 e. The van der Waals surface area contributed by atoms with Crippen molar-refractivity contribution in [1.82, 2.24) is 5.32 Å². The quantitative estimate of drug-likeness (QED) is 0.753. The second-order valence-corrected chi connectivity index (χ2v) is 4.27. The Balaban J connectivity index is 2.53. The molecular formula is C14H20N2O3. The van der Waals surface area contributed by atoms with Crippen molar-refractivity contribution in [3.63, 3.8) is 0 Å². The van der Waals surface area contributed by atoms with Gasteiger partial charge in [0, 0.05) is 19.0 Å². The van der Waals surface area contributed by atoms with Crippen molar-refractivity contribution in [2.45, 2.75) is 20.4 Å². The first-order valence-electron chi connectivity index (χ1n) is 6.32. The van der Waals surface area contributed by atoms with Crippen LogP contribution in [0.15, 0.2) is 24.3 Å². The summed E-state index contributed by atoms with van der Waals surface area (Å²) >= 11 is 0. The summed E-state index contributed by atoms with van der Waals surface area (Å²) in [4.78, 5) is 23.0. The number of carbonyl (C=O) groups excluding carboxylic acids is 2. The van der Waals surface area contributed by atoms with Crippen LogP contribution in [0.3, 0.4) is 0 Å². The second kappa shape index (κ2) is 7.53. The van der Waals surface area contributed by atoms with Crippen LogP contribution < -0.4 is 11.1 Å². The van der Waals surface area contributed by atoms with E-state index in [1.807, 2.05) is 0 Å². The highest BCUT2D eigenvalue weighted by Gasteiger charge is 2.10. The Morgan fingerprint density at radius 1 is 1.32 bits per heavy atom. The fraction of sp³-hybridized carbons (Fsp3) is 0.429. The zero-order valence-corrected chi connectivity index (χ0v) is 11.3. The van der Waals surface area contributed by atoms with Crippen LogP contribution in [0, 0.1) is 5.92 Å². The van der Waals surface area contributed by atoms with Gasteiger partial charge in [-0.25, -0.2) is 4.79 Å². The standard InChI is InChI=1S/C14H20N2O3/c1-3-19-14(18)12-6-4-11(5-7-12)9-16-13(17)10(2)8-15/h4-7,10H,3,8-9,15H2,1-2H3,(H,16,17). The van der Waals surface area contributed by atoms with Gasteiger partial charge in [-0.15, -0.1) is 0 Å². The Hall–Kier alpha value is -1.88. The lowest BCUT2D eigenvalue weighted by Gasteiger charge is -2.10. The fourth-order valence-corrected chi connectivity index (χ4v) is 1.44. The van der Waals surface area contributed by atoms with Gasteiger partial charge in [-0.3, -0.25) is 4.79 Å². The molecule has 1 rings (SSSR count). The third-order valence-corrected chi connectivity index (χ3v) is 2.73. The summed E-state index contributed by atoms with van der Waals surface area (Å²) in [6.45, 7) is 4.65. The molecule has 0 aliphatic heterocycles. The topological polar surface area (TPSA) is 81.4 Å². The lowest BCUT2D eigenvalue weighted by atomic mass is 10.1. The third-order valence-electron chi connectivity index (χ3n) is 2.73. The molecule has 1 amide bonds. The lowest BCUT2D eigenvalue weighted by molar-refractivity contribution is -0.124. The predicted molar refractivity (Wildman–Crippen MR) is 72.5 cm³/mol. The molecule has 0 fully saturated rings. The summed E-state index contributed by atoms with van der Waals surface area (Å²) in [6.07, 6.45) is 0. The maximum absolute atomic E-state index is 11.5. The number of hydrogen-bond acceptors (Lipinski definition) is 4. The Morgan fingerprint density at radius 3 is 2.47 bits per heavy atom. The Kier molecular flexibility index (Phi) is 6.02. The van der Waals surface area contributed by atoms with E-state index in [2.05, 4.69) is 5.32 Å². The van der Waals surface area contributed by atoms with Crippen LogP contribution in [-0.4, -0.2) is 25.0 Å². The number of esters is 1. The molecule has 0 aromatic heterocycles. The first-order valence-corrected chi connectivity index (χ1v) is 6.32. The number of rotatable bonds is 6. The van der Waals surface area contributed by atoms with Gasteiger partial charge < -0.3 is 15.8 Å². The van der Waals surface area contributed by atoms with Gasteiger partial charge in [0.25, 0.3) is 0 Å². The number of hydrogen-bond donors (Lipinski definition) is 2. The number of nitrogens with two attached hydrogens (primary N) is 1. The molecule has 0 aliphatic carbocycles. The summed E-state index contributed by atoms with van der Waals surface area (Å²) < 4.78 is 4.89. The highest BCUT2D eigenvalue weighted by Crippen LogP contribution is 2.06. The van der Waals surface area contributed by atoms with Gasteiger partial charge in [-0.2, -0.15) is 0 Å². The van der Waals surface area contributed by atoms with E-state index >= 15 is 0 Å². The number of amides is 1. The van der Waals surface area contributed by atoms with Crippen LogP contribution in [0.2, 0.25) is 0 Å². The van der Waals surface area contributed by atoms with Crippen LogP contribution in [0.4, 0.5) is 0 Å². The molecule has 5 nitrogen and oxygen atoms in total. The maximum atomic E-state index is 11.5. The van der Waals surface area contributed by atoms with Crippen molar-refractivity contribution in [2.75, 3.05) is 13.2 Å².